The normalized spacial score (nSPS) is 11.2. The van der Waals surface area contributed by atoms with Crippen molar-refractivity contribution in [1.82, 2.24) is 4.98 Å². The molecule has 124 valence electrons. The monoisotopic (exact) mass is 324 g/mol. The van der Waals surface area contributed by atoms with E-state index in [0.29, 0.717) is 5.92 Å². The molecule has 0 saturated heterocycles. The SMILES string of the molecule is Cc1[nH]c2ccc(F)cc2c1CC(=O)Nc1ccc(C(C)C)cc1. The van der Waals surface area contributed by atoms with Crippen molar-refractivity contribution in [2.24, 2.45) is 0 Å². The summed E-state index contributed by atoms with van der Waals surface area (Å²) in [7, 11) is 0. The average Bonchev–Trinajstić information content (AvgIpc) is 2.83. The maximum absolute atomic E-state index is 13.5. The number of aromatic amines is 1. The Hall–Kier alpha value is -2.62. The van der Waals surface area contributed by atoms with Crippen LogP contribution in [0.2, 0.25) is 0 Å². The summed E-state index contributed by atoms with van der Waals surface area (Å²) in [6, 6.07) is 12.4. The van der Waals surface area contributed by atoms with Gasteiger partial charge < -0.3 is 10.3 Å². The number of carbonyl (C=O) groups is 1. The second-order valence-corrected chi connectivity index (χ2v) is 6.42. The molecule has 0 aliphatic rings. The third-order valence-corrected chi connectivity index (χ3v) is 4.28. The molecule has 0 bridgehead atoms. The first-order valence-corrected chi connectivity index (χ1v) is 8.10. The van der Waals surface area contributed by atoms with Crippen molar-refractivity contribution in [3.63, 3.8) is 0 Å². The Bertz CT molecular complexity index is 879. The van der Waals surface area contributed by atoms with Gasteiger partial charge in [-0.2, -0.15) is 0 Å². The van der Waals surface area contributed by atoms with Gasteiger partial charge in [-0.05, 0) is 54.3 Å². The molecular formula is C20H21FN2O. The molecule has 0 unspecified atom stereocenters. The highest BCUT2D eigenvalue weighted by Crippen LogP contribution is 2.24. The molecule has 1 amide bonds. The van der Waals surface area contributed by atoms with Gasteiger partial charge in [0.1, 0.15) is 5.82 Å². The zero-order valence-electron chi connectivity index (χ0n) is 14.1. The summed E-state index contributed by atoms with van der Waals surface area (Å²) < 4.78 is 13.5. The molecule has 2 aromatic carbocycles. The van der Waals surface area contributed by atoms with Crippen LogP contribution < -0.4 is 5.32 Å². The van der Waals surface area contributed by atoms with Crippen molar-refractivity contribution in [3.05, 3.63) is 65.1 Å². The van der Waals surface area contributed by atoms with E-state index in [0.717, 1.165) is 27.8 Å². The minimum absolute atomic E-state index is 0.111. The molecule has 1 aromatic heterocycles. The number of halogens is 1. The molecule has 3 aromatic rings. The van der Waals surface area contributed by atoms with Crippen molar-refractivity contribution in [1.29, 1.82) is 0 Å². The van der Waals surface area contributed by atoms with E-state index >= 15 is 0 Å². The molecule has 0 aliphatic carbocycles. The summed E-state index contributed by atoms with van der Waals surface area (Å²) >= 11 is 0. The van der Waals surface area contributed by atoms with Crippen LogP contribution in [0.15, 0.2) is 42.5 Å². The molecule has 0 fully saturated rings. The van der Waals surface area contributed by atoms with E-state index in [4.69, 9.17) is 0 Å². The standard InChI is InChI=1S/C20H21FN2O/c1-12(2)14-4-7-16(8-5-14)23-20(24)11-17-13(3)22-19-9-6-15(21)10-18(17)19/h4-10,12,22H,11H2,1-3H3,(H,23,24). The topological polar surface area (TPSA) is 44.9 Å². The van der Waals surface area contributed by atoms with Gasteiger partial charge in [0.2, 0.25) is 5.91 Å². The Morgan fingerprint density at radius 3 is 2.54 bits per heavy atom. The molecule has 3 rings (SSSR count). The fourth-order valence-corrected chi connectivity index (χ4v) is 2.90. The molecule has 0 spiro atoms. The zero-order valence-corrected chi connectivity index (χ0v) is 14.1. The molecule has 0 atom stereocenters. The van der Waals surface area contributed by atoms with E-state index in [9.17, 15) is 9.18 Å². The predicted octanol–water partition coefficient (Wildman–Crippen LogP) is 4.92. The van der Waals surface area contributed by atoms with E-state index in [1.165, 1.54) is 17.7 Å². The van der Waals surface area contributed by atoms with Crippen LogP contribution in [0.3, 0.4) is 0 Å². The number of hydrogen-bond donors (Lipinski definition) is 2. The Balaban J connectivity index is 1.77. The predicted molar refractivity (Wildman–Crippen MR) is 95.9 cm³/mol. The third kappa shape index (κ3) is 3.32. The summed E-state index contributed by atoms with van der Waals surface area (Å²) in [6.45, 7) is 6.16. The number of fused-ring (bicyclic) bond motifs is 1. The number of rotatable bonds is 4. The summed E-state index contributed by atoms with van der Waals surface area (Å²) in [5.74, 6) is 0.0477. The maximum atomic E-state index is 13.5. The number of carbonyl (C=O) groups excluding carboxylic acids is 1. The van der Waals surface area contributed by atoms with E-state index in [1.54, 1.807) is 6.07 Å². The average molecular weight is 324 g/mol. The summed E-state index contributed by atoms with van der Waals surface area (Å²) in [5.41, 5.74) is 4.57. The smallest absolute Gasteiger partial charge is 0.228 e. The van der Waals surface area contributed by atoms with Gasteiger partial charge in [0.25, 0.3) is 0 Å². The number of H-pyrrole nitrogens is 1. The molecule has 0 saturated carbocycles. The van der Waals surface area contributed by atoms with Crippen molar-refractivity contribution in [3.8, 4) is 0 Å². The maximum Gasteiger partial charge on any atom is 0.228 e. The number of aryl methyl sites for hydroxylation is 1. The van der Waals surface area contributed by atoms with E-state index in [2.05, 4.69) is 24.1 Å². The van der Waals surface area contributed by atoms with Gasteiger partial charge in [-0.3, -0.25) is 4.79 Å². The first-order chi connectivity index (χ1) is 11.4. The lowest BCUT2D eigenvalue weighted by Crippen LogP contribution is -2.14. The lowest BCUT2D eigenvalue weighted by molar-refractivity contribution is -0.115. The van der Waals surface area contributed by atoms with Gasteiger partial charge in [-0.25, -0.2) is 4.39 Å². The lowest BCUT2D eigenvalue weighted by atomic mass is 10.0. The Morgan fingerprint density at radius 2 is 1.88 bits per heavy atom. The van der Waals surface area contributed by atoms with Crippen LogP contribution in [-0.2, 0) is 11.2 Å². The molecule has 3 nitrogen and oxygen atoms in total. The summed E-state index contributed by atoms with van der Waals surface area (Å²) in [4.78, 5) is 15.6. The number of aromatic nitrogens is 1. The minimum Gasteiger partial charge on any atom is -0.358 e. The molecule has 24 heavy (non-hydrogen) atoms. The number of hydrogen-bond acceptors (Lipinski definition) is 1. The van der Waals surface area contributed by atoms with Crippen LogP contribution in [-0.4, -0.2) is 10.9 Å². The molecular weight excluding hydrogens is 303 g/mol. The number of benzene rings is 2. The molecule has 2 N–H and O–H groups in total. The van der Waals surface area contributed by atoms with E-state index < -0.39 is 0 Å². The van der Waals surface area contributed by atoms with Crippen LogP contribution >= 0.6 is 0 Å². The number of nitrogens with one attached hydrogen (secondary N) is 2. The lowest BCUT2D eigenvalue weighted by Gasteiger charge is -2.09. The first-order valence-electron chi connectivity index (χ1n) is 8.10. The Morgan fingerprint density at radius 1 is 1.17 bits per heavy atom. The van der Waals surface area contributed by atoms with Gasteiger partial charge in [-0.1, -0.05) is 26.0 Å². The molecule has 1 heterocycles. The van der Waals surface area contributed by atoms with Gasteiger partial charge in [0.05, 0.1) is 6.42 Å². The second-order valence-electron chi connectivity index (χ2n) is 6.42. The Labute approximate surface area is 140 Å². The molecule has 0 aliphatic heterocycles. The van der Waals surface area contributed by atoms with E-state index in [1.807, 2.05) is 31.2 Å². The summed E-state index contributed by atoms with van der Waals surface area (Å²) in [5, 5.41) is 3.67. The van der Waals surface area contributed by atoms with Gasteiger partial charge in [0, 0.05) is 22.3 Å². The largest absolute Gasteiger partial charge is 0.358 e. The van der Waals surface area contributed by atoms with Gasteiger partial charge in [0.15, 0.2) is 0 Å². The van der Waals surface area contributed by atoms with E-state index in [-0.39, 0.29) is 18.1 Å². The fraction of sp³-hybridized carbons (Fsp3) is 0.250. The molecule has 0 radical (unpaired) electrons. The highest BCUT2D eigenvalue weighted by Gasteiger charge is 2.13. The van der Waals surface area contributed by atoms with Crippen molar-refractivity contribution >= 4 is 22.5 Å². The van der Waals surface area contributed by atoms with Crippen LogP contribution in [0.4, 0.5) is 10.1 Å². The number of anilines is 1. The summed E-state index contributed by atoms with van der Waals surface area (Å²) in [6.07, 6.45) is 0.210. The molecule has 4 heteroatoms. The third-order valence-electron chi connectivity index (χ3n) is 4.28. The second kappa shape index (κ2) is 6.48. The highest BCUT2D eigenvalue weighted by atomic mass is 19.1. The van der Waals surface area contributed by atoms with Crippen molar-refractivity contribution < 1.29 is 9.18 Å². The minimum atomic E-state index is -0.299. The van der Waals surface area contributed by atoms with Crippen LogP contribution in [0.5, 0.6) is 0 Å². The van der Waals surface area contributed by atoms with Crippen molar-refractivity contribution in [2.45, 2.75) is 33.1 Å². The van der Waals surface area contributed by atoms with Crippen LogP contribution in [0, 0.1) is 12.7 Å². The first kappa shape index (κ1) is 16.2. The Kier molecular flexibility index (Phi) is 4.38. The van der Waals surface area contributed by atoms with Gasteiger partial charge in [-0.15, -0.1) is 0 Å². The fourth-order valence-electron chi connectivity index (χ4n) is 2.90. The van der Waals surface area contributed by atoms with Crippen LogP contribution in [0.1, 0.15) is 36.6 Å². The van der Waals surface area contributed by atoms with Gasteiger partial charge >= 0.3 is 0 Å². The zero-order chi connectivity index (χ0) is 17.3. The quantitative estimate of drug-likeness (QED) is 0.703. The van der Waals surface area contributed by atoms with Crippen molar-refractivity contribution in [2.75, 3.05) is 5.32 Å². The van der Waals surface area contributed by atoms with Crippen LogP contribution in [0.25, 0.3) is 10.9 Å². The highest BCUT2D eigenvalue weighted by molar-refractivity contribution is 5.96. The number of amides is 1.